The predicted octanol–water partition coefficient (Wildman–Crippen LogP) is 3.68. The van der Waals surface area contributed by atoms with Crippen LogP contribution in [-0.2, 0) is 4.79 Å². The van der Waals surface area contributed by atoms with Crippen LogP contribution in [0.15, 0.2) is 29.4 Å². The average molecular weight is 342 g/mol. The molecule has 1 unspecified atom stereocenters. The van der Waals surface area contributed by atoms with Crippen molar-refractivity contribution in [3.8, 4) is 5.75 Å². The first kappa shape index (κ1) is 17.6. The lowest BCUT2D eigenvalue weighted by Gasteiger charge is -2.35. The zero-order valence-corrected chi connectivity index (χ0v) is 15.2. The Hall–Kier alpha value is -2.17. The molecular formula is C20H26N2O3. The quantitative estimate of drug-likeness (QED) is 0.767. The summed E-state index contributed by atoms with van der Waals surface area (Å²) in [6.45, 7) is 3.90. The van der Waals surface area contributed by atoms with Gasteiger partial charge >= 0.3 is 0 Å². The van der Waals surface area contributed by atoms with Gasteiger partial charge in [0.1, 0.15) is 12.3 Å². The van der Waals surface area contributed by atoms with Gasteiger partial charge in [0.25, 0.3) is 5.91 Å². The summed E-state index contributed by atoms with van der Waals surface area (Å²) in [7, 11) is 1.57. The molecule has 1 fully saturated rings. The number of hydrazone groups is 1. The van der Waals surface area contributed by atoms with Crippen LogP contribution in [0.1, 0.15) is 56.3 Å². The van der Waals surface area contributed by atoms with Gasteiger partial charge in [-0.1, -0.05) is 31.4 Å². The van der Waals surface area contributed by atoms with Crippen molar-refractivity contribution in [1.82, 2.24) is 5.01 Å². The Kier molecular flexibility index (Phi) is 4.93. The van der Waals surface area contributed by atoms with E-state index in [4.69, 9.17) is 4.74 Å². The molecule has 1 aromatic rings. The van der Waals surface area contributed by atoms with Crippen molar-refractivity contribution in [2.75, 3.05) is 13.7 Å². The topological polar surface area (TPSA) is 59.0 Å². The summed E-state index contributed by atoms with van der Waals surface area (Å²) in [5.41, 5.74) is 0.809. The molecule has 0 N–H and O–H groups in total. The molecule has 1 amide bonds. The second-order valence-electron chi connectivity index (χ2n) is 7.24. The third-order valence-electron chi connectivity index (χ3n) is 5.81. The number of ether oxygens (including phenoxy) is 1. The van der Waals surface area contributed by atoms with Gasteiger partial charge in [0.2, 0.25) is 0 Å². The molecule has 5 nitrogen and oxygen atoms in total. The van der Waals surface area contributed by atoms with Gasteiger partial charge in [-0.05, 0) is 44.7 Å². The Labute approximate surface area is 149 Å². The lowest BCUT2D eigenvalue weighted by molar-refractivity contribution is -0.137. The molecule has 0 bridgehead atoms. The molecule has 5 heteroatoms. The summed E-state index contributed by atoms with van der Waals surface area (Å²) in [5.74, 6) is 0.796. The van der Waals surface area contributed by atoms with Crippen molar-refractivity contribution in [3.63, 3.8) is 0 Å². The fourth-order valence-corrected chi connectivity index (χ4v) is 4.03. The van der Waals surface area contributed by atoms with Crippen LogP contribution < -0.4 is 4.74 Å². The molecule has 134 valence electrons. The highest BCUT2D eigenvalue weighted by molar-refractivity contribution is 6.12. The van der Waals surface area contributed by atoms with E-state index >= 15 is 0 Å². The summed E-state index contributed by atoms with van der Waals surface area (Å²) < 4.78 is 5.17. The van der Waals surface area contributed by atoms with Gasteiger partial charge in [0.05, 0.1) is 18.2 Å². The van der Waals surface area contributed by atoms with E-state index in [9.17, 15) is 9.59 Å². The van der Waals surface area contributed by atoms with E-state index in [1.54, 1.807) is 31.4 Å². The molecule has 1 aliphatic heterocycles. The van der Waals surface area contributed by atoms with Crippen molar-refractivity contribution in [2.24, 2.45) is 16.4 Å². The number of methoxy groups -OCH3 is 1. The molecule has 0 saturated heterocycles. The molecular weight excluding hydrogens is 316 g/mol. The monoisotopic (exact) mass is 342 g/mol. The minimum absolute atomic E-state index is 0.0222. The highest BCUT2D eigenvalue weighted by atomic mass is 16.5. The van der Waals surface area contributed by atoms with Gasteiger partial charge in [-0.3, -0.25) is 9.59 Å². The SMILES string of the molecule is COc1cccc(C(=O)CN2N=C(C)C(C)(C3CCCCC3)C2=O)c1. The number of benzene rings is 1. The van der Waals surface area contributed by atoms with Crippen molar-refractivity contribution < 1.29 is 14.3 Å². The Morgan fingerprint density at radius 2 is 2.04 bits per heavy atom. The normalized spacial score (nSPS) is 24.4. The first-order valence-electron chi connectivity index (χ1n) is 9.01. The first-order chi connectivity index (χ1) is 12.0. The maximum absolute atomic E-state index is 13.1. The number of hydrogen-bond donors (Lipinski definition) is 0. The highest BCUT2D eigenvalue weighted by Crippen LogP contribution is 2.43. The number of carbonyl (C=O) groups is 2. The van der Waals surface area contributed by atoms with E-state index < -0.39 is 5.41 Å². The minimum Gasteiger partial charge on any atom is -0.497 e. The van der Waals surface area contributed by atoms with Crippen molar-refractivity contribution in [1.29, 1.82) is 0 Å². The van der Waals surface area contributed by atoms with Crippen LogP contribution in [0.4, 0.5) is 0 Å². The van der Waals surface area contributed by atoms with Crippen LogP contribution in [0.3, 0.4) is 0 Å². The lowest BCUT2D eigenvalue weighted by Crippen LogP contribution is -2.44. The summed E-state index contributed by atoms with van der Waals surface area (Å²) in [6.07, 6.45) is 5.71. The van der Waals surface area contributed by atoms with E-state index in [0.717, 1.165) is 18.6 Å². The fourth-order valence-electron chi connectivity index (χ4n) is 4.03. The molecule has 1 aliphatic carbocycles. The first-order valence-corrected chi connectivity index (χ1v) is 9.01. The Morgan fingerprint density at radius 3 is 2.72 bits per heavy atom. The van der Waals surface area contributed by atoms with Crippen molar-refractivity contribution >= 4 is 17.4 Å². The molecule has 0 radical (unpaired) electrons. The second kappa shape index (κ2) is 6.98. The number of carbonyl (C=O) groups excluding carboxylic acids is 2. The van der Waals surface area contributed by atoms with E-state index in [-0.39, 0.29) is 18.2 Å². The zero-order chi connectivity index (χ0) is 18.0. The highest BCUT2D eigenvalue weighted by Gasteiger charge is 2.50. The second-order valence-corrected chi connectivity index (χ2v) is 7.24. The molecule has 25 heavy (non-hydrogen) atoms. The predicted molar refractivity (Wildman–Crippen MR) is 96.8 cm³/mol. The van der Waals surface area contributed by atoms with Gasteiger partial charge in [0.15, 0.2) is 5.78 Å². The molecule has 1 atom stereocenters. The number of ketones is 1. The fraction of sp³-hybridized carbons (Fsp3) is 0.550. The number of rotatable bonds is 5. The Bertz CT molecular complexity index is 707. The van der Waals surface area contributed by atoms with Crippen molar-refractivity contribution in [2.45, 2.75) is 46.0 Å². The van der Waals surface area contributed by atoms with Gasteiger partial charge in [-0.15, -0.1) is 0 Å². The number of hydrogen-bond acceptors (Lipinski definition) is 4. The van der Waals surface area contributed by atoms with Crippen LogP contribution in [0.2, 0.25) is 0 Å². The van der Waals surface area contributed by atoms with Crippen LogP contribution in [0, 0.1) is 11.3 Å². The largest absolute Gasteiger partial charge is 0.497 e. The summed E-state index contributed by atoms with van der Waals surface area (Å²) >= 11 is 0. The standard InChI is InChI=1S/C20H26N2O3/c1-14-20(2,16-9-5-4-6-10-16)19(24)22(21-14)13-18(23)15-8-7-11-17(12-15)25-3/h7-8,11-12,16H,4-6,9-10,13H2,1-3H3. The van der Waals surface area contributed by atoms with Crippen LogP contribution in [-0.4, -0.2) is 36.1 Å². The molecule has 2 aliphatic rings. The van der Waals surface area contributed by atoms with Crippen LogP contribution in [0.5, 0.6) is 5.75 Å². The lowest BCUT2D eigenvalue weighted by atomic mass is 9.67. The summed E-state index contributed by atoms with van der Waals surface area (Å²) in [4.78, 5) is 25.7. The molecule has 0 spiro atoms. The maximum atomic E-state index is 13.1. The molecule has 1 aromatic carbocycles. The number of amides is 1. The van der Waals surface area contributed by atoms with E-state index in [2.05, 4.69) is 5.10 Å². The third-order valence-corrected chi connectivity index (χ3v) is 5.81. The molecule has 1 saturated carbocycles. The Balaban J connectivity index is 1.75. The zero-order valence-electron chi connectivity index (χ0n) is 15.2. The summed E-state index contributed by atoms with van der Waals surface area (Å²) in [5, 5.41) is 5.82. The van der Waals surface area contributed by atoms with Crippen molar-refractivity contribution in [3.05, 3.63) is 29.8 Å². The van der Waals surface area contributed by atoms with E-state index in [1.807, 2.05) is 13.8 Å². The molecule has 1 heterocycles. The van der Waals surface area contributed by atoms with Gasteiger partial charge in [-0.25, -0.2) is 5.01 Å². The van der Waals surface area contributed by atoms with Gasteiger partial charge in [-0.2, -0.15) is 5.10 Å². The van der Waals surface area contributed by atoms with E-state index in [1.165, 1.54) is 24.3 Å². The number of nitrogens with zero attached hydrogens (tertiary/aromatic N) is 2. The molecule has 3 rings (SSSR count). The maximum Gasteiger partial charge on any atom is 0.255 e. The van der Waals surface area contributed by atoms with Gasteiger partial charge in [0, 0.05) is 5.56 Å². The van der Waals surface area contributed by atoms with Gasteiger partial charge < -0.3 is 4.74 Å². The Morgan fingerprint density at radius 1 is 1.32 bits per heavy atom. The smallest absolute Gasteiger partial charge is 0.255 e. The third kappa shape index (κ3) is 3.20. The minimum atomic E-state index is -0.560. The molecule has 0 aromatic heterocycles. The van der Waals surface area contributed by atoms with Crippen LogP contribution in [0.25, 0.3) is 0 Å². The van der Waals surface area contributed by atoms with Crippen LogP contribution >= 0.6 is 0 Å². The number of Topliss-reactive ketones (excluding diaryl/α,β-unsaturated/α-hetero) is 1. The summed E-state index contributed by atoms with van der Waals surface area (Å²) in [6, 6.07) is 7.00. The van der Waals surface area contributed by atoms with E-state index in [0.29, 0.717) is 17.2 Å². The average Bonchev–Trinajstić information content (AvgIpc) is 2.87.